The van der Waals surface area contributed by atoms with Crippen LogP contribution in [0.15, 0.2) is 35.7 Å². The van der Waals surface area contributed by atoms with Gasteiger partial charge in [-0.2, -0.15) is 0 Å². The molecule has 3 rings (SSSR count). The van der Waals surface area contributed by atoms with Crippen molar-refractivity contribution >= 4 is 36.2 Å². The summed E-state index contributed by atoms with van der Waals surface area (Å²) in [5, 5.41) is 5.48. The molecule has 1 N–H and O–H groups in total. The number of nitrogens with zero attached hydrogens (tertiary/aromatic N) is 1. The molecule has 0 unspecified atom stereocenters. The van der Waals surface area contributed by atoms with Crippen molar-refractivity contribution in [3.05, 3.63) is 57.5 Å². The lowest BCUT2D eigenvalue weighted by Crippen LogP contribution is -2.45. The normalized spacial score (nSPS) is 16.5. The van der Waals surface area contributed by atoms with Gasteiger partial charge in [-0.25, -0.2) is 4.39 Å². The van der Waals surface area contributed by atoms with Crippen molar-refractivity contribution in [2.75, 3.05) is 26.2 Å². The summed E-state index contributed by atoms with van der Waals surface area (Å²) in [5.74, 6) is -0.112. The van der Waals surface area contributed by atoms with E-state index in [2.05, 4.69) is 33.8 Å². The van der Waals surface area contributed by atoms with E-state index >= 15 is 0 Å². The Morgan fingerprint density at radius 2 is 1.86 bits per heavy atom. The van der Waals surface area contributed by atoms with Crippen molar-refractivity contribution in [1.29, 1.82) is 0 Å². The molecular weight excluding hydrogens is 342 g/mol. The molecule has 0 spiro atoms. The Labute approximate surface area is 147 Å². The molecule has 2 heterocycles. The van der Waals surface area contributed by atoms with Gasteiger partial charge < -0.3 is 5.32 Å². The molecule has 0 amide bonds. The van der Waals surface area contributed by atoms with Gasteiger partial charge in [0.1, 0.15) is 5.82 Å². The molecule has 22 heavy (non-hydrogen) atoms. The Balaban J connectivity index is 0.00000121. The second-order valence-electron chi connectivity index (χ2n) is 5.16. The molecule has 1 atom stereocenters. The summed E-state index contributed by atoms with van der Waals surface area (Å²) in [7, 11) is 0. The number of hydrogen-bond donors (Lipinski definition) is 1. The van der Waals surface area contributed by atoms with Gasteiger partial charge in [0.2, 0.25) is 0 Å². The van der Waals surface area contributed by atoms with Crippen LogP contribution in [0.1, 0.15) is 22.0 Å². The minimum Gasteiger partial charge on any atom is -0.314 e. The van der Waals surface area contributed by atoms with E-state index in [0.29, 0.717) is 0 Å². The molecule has 1 aliphatic heterocycles. The Hall–Kier alpha value is -0.650. The van der Waals surface area contributed by atoms with Crippen molar-refractivity contribution in [2.45, 2.75) is 13.0 Å². The van der Waals surface area contributed by atoms with Gasteiger partial charge in [0.15, 0.2) is 0 Å². The van der Waals surface area contributed by atoms with Crippen LogP contribution in [0.4, 0.5) is 4.39 Å². The van der Waals surface area contributed by atoms with Crippen LogP contribution in [0, 0.1) is 12.7 Å². The highest BCUT2D eigenvalue weighted by Gasteiger charge is 2.26. The predicted octanol–water partition coefficient (Wildman–Crippen LogP) is 4.03. The van der Waals surface area contributed by atoms with E-state index in [9.17, 15) is 4.39 Å². The fraction of sp³-hybridized carbons (Fsp3) is 0.375. The Bertz CT molecular complexity index is 572. The van der Waals surface area contributed by atoms with Crippen molar-refractivity contribution in [3.8, 4) is 0 Å². The topological polar surface area (TPSA) is 15.3 Å². The van der Waals surface area contributed by atoms with Gasteiger partial charge in [-0.3, -0.25) is 4.90 Å². The maximum absolute atomic E-state index is 13.9. The first-order valence-corrected chi connectivity index (χ1v) is 7.88. The first kappa shape index (κ1) is 19.4. The lowest BCUT2D eigenvalue weighted by Gasteiger charge is -2.35. The van der Waals surface area contributed by atoms with Gasteiger partial charge in [0.05, 0.1) is 6.04 Å². The molecule has 0 radical (unpaired) electrons. The summed E-state index contributed by atoms with van der Waals surface area (Å²) in [6.45, 7) is 5.87. The van der Waals surface area contributed by atoms with Gasteiger partial charge in [-0.05, 0) is 35.6 Å². The van der Waals surface area contributed by atoms with Gasteiger partial charge in [-0.15, -0.1) is 36.2 Å². The average molecular weight is 363 g/mol. The minimum atomic E-state index is -0.112. The molecular formula is C16H21Cl2FN2S. The number of benzene rings is 1. The monoisotopic (exact) mass is 362 g/mol. The van der Waals surface area contributed by atoms with Crippen LogP contribution in [0.5, 0.6) is 0 Å². The van der Waals surface area contributed by atoms with Crippen molar-refractivity contribution < 1.29 is 4.39 Å². The van der Waals surface area contributed by atoms with E-state index < -0.39 is 0 Å². The van der Waals surface area contributed by atoms with Crippen LogP contribution in [0.25, 0.3) is 0 Å². The quantitative estimate of drug-likeness (QED) is 0.886. The van der Waals surface area contributed by atoms with E-state index in [0.717, 1.165) is 37.3 Å². The van der Waals surface area contributed by atoms with Crippen LogP contribution < -0.4 is 5.32 Å². The molecule has 122 valence electrons. The zero-order chi connectivity index (χ0) is 13.9. The van der Waals surface area contributed by atoms with Crippen molar-refractivity contribution in [3.63, 3.8) is 0 Å². The molecule has 6 heteroatoms. The number of hydrogen-bond acceptors (Lipinski definition) is 3. The molecule has 1 aromatic carbocycles. The first-order valence-electron chi connectivity index (χ1n) is 7.00. The summed E-state index contributed by atoms with van der Waals surface area (Å²) in [6, 6.07) is 9.83. The summed E-state index contributed by atoms with van der Waals surface area (Å²) in [5.41, 5.74) is 1.86. The number of rotatable bonds is 3. The highest BCUT2D eigenvalue weighted by Crippen LogP contribution is 2.34. The van der Waals surface area contributed by atoms with Gasteiger partial charge in [0, 0.05) is 31.1 Å². The predicted molar refractivity (Wildman–Crippen MR) is 96.2 cm³/mol. The summed E-state index contributed by atoms with van der Waals surface area (Å²) >= 11 is 1.75. The molecule has 2 aromatic rings. The van der Waals surface area contributed by atoms with Crippen LogP contribution in [0.3, 0.4) is 0 Å². The molecule has 1 aliphatic rings. The van der Waals surface area contributed by atoms with E-state index in [4.69, 9.17) is 0 Å². The fourth-order valence-electron chi connectivity index (χ4n) is 2.84. The van der Waals surface area contributed by atoms with E-state index in [1.807, 2.05) is 13.0 Å². The zero-order valence-corrected chi connectivity index (χ0v) is 14.9. The summed E-state index contributed by atoms with van der Waals surface area (Å²) in [4.78, 5) is 3.74. The standard InChI is InChI=1S/C16H19FN2S.2ClH/c1-12-13(4-2-5-14(12)17)16(15-6-3-11-20-15)19-9-7-18-8-10-19;;/h2-6,11,16,18H,7-10H2,1H3;2*1H/t16-;;/m1../s1. The largest absolute Gasteiger partial charge is 0.314 e. The Morgan fingerprint density at radius 1 is 1.14 bits per heavy atom. The van der Waals surface area contributed by atoms with E-state index in [-0.39, 0.29) is 36.7 Å². The van der Waals surface area contributed by atoms with E-state index in [1.165, 1.54) is 4.88 Å². The van der Waals surface area contributed by atoms with Crippen molar-refractivity contribution in [2.24, 2.45) is 0 Å². The highest BCUT2D eigenvalue weighted by molar-refractivity contribution is 7.10. The fourth-order valence-corrected chi connectivity index (χ4v) is 3.71. The number of piperazine rings is 1. The number of halogens is 3. The Kier molecular flexibility index (Phi) is 7.80. The molecule has 1 fully saturated rings. The van der Waals surface area contributed by atoms with Crippen LogP contribution in [-0.2, 0) is 0 Å². The maximum atomic E-state index is 13.9. The lowest BCUT2D eigenvalue weighted by atomic mass is 9.97. The third-order valence-corrected chi connectivity index (χ3v) is 4.86. The van der Waals surface area contributed by atoms with Gasteiger partial charge in [0.25, 0.3) is 0 Å². The average Bonchev–Trinajstić information content (AvgIpc) is 2.99. The van der Waals surface area contributed by atoms with Crippen molar-refractivity contribution in [1.82, 2.24) is 10.2 Å². The number of nitrogens with one attached hydrogen (secondary N) is 1. The number of thiophene rings is 1. The smallest absolute Gasteiger partial charge is 0.126 e. The zero-order valence-electron chi connectivity index (χ0n) is 12.4. The third-order valence-electron chi connectivity index (χ3n) is 3.93. The minimum absolute atomic E-state index is 0. The molecule has 1 saturated heterocycles. The second kappa shape index (κ2) is 8.85. The molecule has 0 aliphatic carbocycles. The SMILES string of the molecule is Cc1c(F)cccc1[C@H](c1cccs1)N1CCNCC1.Cl.Cl. The molecule has 0 saturated carbocycles. The molecule has 1 aromatic heterocycles. The summed E-state index contributed by atoms with van der Waals surface area (Å²) in [6.07, 6.45) is 0. The van der Waals surface area contributed by atoms with Crippen LogP contribution in [0.2, 0.25) is 0 Å². The third kappa shape index (κ3) is 4.00. The first-order chi connectivity index (χ1) is 9.77. The van der Waals surface area contributed by atoms with Gasteiger partial charge in [-0.1, -0.05) is 18.2 Å². The second-order valence-corrected chi connectivity index (χ2v) is 6.14. The van der Waals surface area contributed by atoms with Crippen LogP contribution >= 0.6 is 36.2 Å². The van der Waals surface area contributed by atoms with Gasteiger partial charge >= 0.3 is 0 Å². The van der Waals surface area contributed by atoms with E-state index in [1.54, 1.807) is 17.4 Å². The molecule has 0 bridgehead atoms. The van der Waals surface area contributed by atoms with Crippen LogP contribution in [-0.4, -0.2) is 31.1 Å². The Morgan fingerprint density at radius 3 is 2.50 bits per heavy atom. The molecule has 2 nitrogen and oxygen atoms in total. The maximum Gasteiger partial charge on any atom is 0.126 e. The summed E-state index contributed by atoms with van der Waals surface area (Å²) < 4.78 is 13.9. The highest BCUT2D eigenvalue weighted by atomic mass is 35.5. The lowest BCUT2D eigenvalue weighted by molar-refractivity contribution is 0.200.